The molecule has 0 aromatic heterocycles. The zero-order valence-corrected chi connectivity index (χ0v) is 9.64. The van der Waals surface area contributed by atoms with Gasteiger partial charge in [-0.15, -0.1) is 0 Å². The average molecular weight is 214 g/mol. The van der Waals surface area contributed by atoms with Gasteiger partial charge in [0, 0.05) is 11.3 Å². The summed E-state index contributed by atoms with van der Waals surface area (Å²) in [4.78, 5) is 13.8. The molecule has 2 aliphatic rings. The molecule has 2 rings (SSSR count). The second-order valence-corrected chi connectivity index (χ2v) is 5.21. The normalized spacial score (nSPS) is 38.3. The molecule has 4 heteroatoms. The van der Waals surface area contributed by atoms with Crippen LogP contribution in [0.4, 0.5) is 0 Å². The highest BCUT2D eigenvalue weighted by Gasteiger charge is 2.39. The van der Waals surface area contributed by atoms with E-state index in [1.165, 1.54) is 19.3 Å². The molecule has 3 unspecified atom stereocenters. The fraction of sp³-hybridized carbons (Fsp3) is 0.900. The molecule has 3 nitrogen and oxygen atoms in total. The minimum atomic E-state index is 0.236. The highest BCUT2D eigenvalue weighted by molar-refractivity contribution is 7.99. The van der Waals surface area contributed by atoms with Gasteiger partial charge < -0.3 is 4.90 Å². The number of carbonyl (C=O) groups is 1. The maximum Gasteiger partial charge on any atom is 0.238 e. The first-order chi connectivity index (χ1) is 6.74. The topological polar surface area (TPSA) is 32.3 Å². The van der Waals surface area contributed by atoms with Gasteiger partial charge in [0.25, 0.3) is 0 Å². The Hall–Kier alpha value is -0.220. The summed E-state index contributed by atoms with van der Waals surface area (Å²) in [6.07, 6.45) is 6.11. The van der Waals surface area contributed by atoms with Gasteiger partial charge in [-0.3, -0.25) is 10.1 Å². The molecule has 14 heavy (non-hydrogen) atoms. The first kappa shape index (κ1) is 10.3. The number of hydrogen-bond acceptors (Lipinski definition) is 3. The SMILES string of the molecule is CSC1CCCC1N1C(=O)CNC1C. The van der Waals surface area contributed by atoms with Crippen molar-refractivity contribution >= 4 is 17.7 Å². The lowest BCUT2D eigenvalue weighted by Gasteiger charge is -2.31. The lowest BCUT2D eigenvalue weighted by atomic mass is 10.2. The van der Waals surface area contributed by atoms with Gasteiger partial charge in [0.15, 0.2) is 0 Å². The largest absolute Gasteiger partial charge is 0.322 e. The van der Waals surface area contributed by atoms with E-state index in [0.29, 0.717) is 17.8 Å². The van der Waals surface area contributed by atoms with E-state index < -0.39 is 0 Å². The van der Waals surface area contributed by atoms with E-state index >= 15 is 0 Å². The Kier molecular flexibility index (Phi) is 3.02. The van der Waals surface area contributed by atoms with Crippen molar-refractivity contribution in [3.8, 4) is 0 Å². The van der Waals surface area contributed by atoms with Crippen molar-refractivity contribution in [1.29, 1.82) is 0 Å². The van der Waals surface area contributed by atoms with Gasteiger partial charge in [0.1, 0.15) is 0 Å². The molecule has 0 aromatic rings. The summed E-state index contributed by atoms with van der Waals surface area (Å²) in [5.41, 5.74) is 0. The van der Waals surface area contributed by atoms with E-state index in [0.717, 1.165) is 0 Å². The third kappa shape index (κ3) is 1.65. The van der Waals surface area contributed by atoms with Crippen LogP contribution >= 0.6 is 11.8 Å². The molecular weight excluding hydrogens is 196 g/mol. The van der Waals surface area contributed by atoms with Crippen molar-refractivity contribution in [2.45, 2.75) is 43.6 Å². The molecule has 3 atom stereocenters. The van der Waals surface area contributed by atoms with Crippen LogP contribution in [0.25, 0.3) is 0 Å². The van der Waals surface area contributed by atoms with Crippen LogP contribution in [0.5, 0.6) is 0 Å². The zero-order valence-electron chi connectivity index (χ0n) is 8.82. The third-order valence-corrected chi connectivity index (χ3v) is 4.49. The molecule has 0 aromatic carbocycles. The summed E-state index contributed by atoms with van der Waals surface area (Å²) in [7, 11) is 0. The quantitative estimate of drug-likeness (QED) is 0.745. The van der Waals surface area contributed by atoms with E-state index in [1.54, 1.807) is 0 Å². The molecule has 1 amide bonds. The Morgan fingerprint density at radius 3 is 2.86 bits per heavy atom. The lowest BCUT2D eigenvalue weighted by molar-refractivity contribution is -0.129. The van der Waals surface area contributed by atoms with Crippen LogP contribution in [0.3, 0.4) is 0 Å². The van der Waals surface area contributed by atoms with Gasteiger partial charge in [0.2, 0.25) is 5.91 Å². The highest BCUT2D eigenvalue weighted by atomic mass is 32.2. The lowest BCUT2D eigenvalue weighted by Crippen LogP contribution is -2.45. The second-order valence-electron chi connectivity index (χ2n) is 4.13. The van der Waals surface area contributed by atoms with E-state index in [9.17, 15) is 4.79 Å². The van der Waals surface area contributed by atoms with Crippen LogP contribution in [0.2, 0.25) is 0 Å². The number of nitrogens with one attached hydrogen (secondary N) is 1. The van der Waals surface area contributed by atoms with Crippen LogP contribution in [-0.2, 0) is 4.79 Å². The molecule has 1 saturated heterocycles. The minimum Gasteiger partial charge on any atom is -0.322 e. The standard InChI is InChI=1S/C10H18N2OS/c1-7-11-6-10(13)12(7)8-4-3-5-9(8)14-2/h7-9,11H,3-6H2,1-2H3. The van der Waals surface area contributed by atoms with E-state index in [2.05, 4.69) is 23.4 Å². The summed E-state index contributed by atoms with van der Waals surface area (Å²) in [6, 6.07) is 0.475. The molecular formula is C10H18N2OS. The van der Waals surface area contributed by atoms with Crippen molar-refractivity contribution in [1.82, 2.24) is 10.2 Å². The van der Waals surface area contributed by atoms with Gasteiger partial charge in [-0.05, 0) is 26.0 Å². The van der Waals surface area contributed by atoms with Gasteiger partial charge in [-0.1, -0.05) is 6.42 Å². The number of hydrogen-bond donors (Lipinski definition) is 1. The van der Waals surface area contributed by atoms with Crippen molar-refractivity contribution in [3.05, 3.63) is 0 Å². The van der Waals surface area contributed by atoms with Crippen molar-refractivity contribution in [2.24, 2.45) is 0 Å². The van der Waals surface area contributed by atoms with Crippen molar-refractivity contribution in [3.63, 3.8) is 0 Å². The Morgan fingerprint density at radius 1 is 1.50 bits per heavy atom. The fourth-order valence-electron chi connectivity index (χ4n) is 2.61. The molecule has 1 aliphatic heterocycles. The number of carbonyl (C=O) groups excluding carboxylic acids is 1. The van der Waals surface area contributed by atoms with Crippen LogP contribution in [0.15, 0.2) is 0 Å². The molecule has 1 saturated carbocycles. The molecule has 2 fully saturated rings. The van der Waals surface area contributed by atoms with E-state index in [-0.39, 0.29) is 12.1 Å². The average Bonchev–Trinajstić information content (AvgIpc) is 2.73. The first-order valence-corrected chi connectivity index (χ1v) is 6.60. The van der Waals surface area contributed by atoms with E-state index in [1.807, 2.05) is 11.8 Å². The molecule has 80 valence electrons. The van der Waals surface area contributed by atoms with E-state index in [4.69, 9.17) is 0 Å². The zero-order chi connectivity index (χ0) is 10.1. The maximum absolute atomic E-state index is 11.7. The summed E-state index contributed by atoms with van der Waals surface area (Å²) in [5, 5.41) is 3.86. The summed E-state index contributed by atoms with van der Waals surface area (Å²) in [6.45, 7) is 2.61. The number of amides is 1. The summed E-state index contributed by atoms with van der Waals surface area (Å²) < 4.78 is 0. The van der Waals surface area contributed by atoms with Gasteiger partial charge in [-0.2, -0.15) is 11.8 Å². The van der Waals surface area contributed by atoms with Crippen LogP contribution in [0.1, 0.15) is 26.2 Å². The number of rotatable bonds is 2. The molecule has 0 bridgehead atoms. The Morgan fingerprint density at radius 2 is 2.29 bits per heavy atom. The van der Waals surface area contributed by atoms with Crippen LogP contribution in [0, 0.1) is 0 Å². The predicted molar refractivity (Wildman–Crippen MR) is 59.3 cm³/mol. The number of nitrogens with zero attached hydrogens (tertiary/aromatic N) is 1. The summed E-state index contributed by atoms with van der Waals surface area (Å²) in [5.74, 6) is 0.281. The predicted octanol–water partition coefficient (Wildman–Crippen LogP) is 1.05. The molecule has 0 spiro atoms. The van der Waals surface area contributed by atoms with Crippen LogP contribution in [-0.4, -0.2) is 41.1 Å². The molecule has 1 heterocycles. The monoisotopic (exact) mass is 214 g/mol. The minimum absolute atomic E-state index is 0.236. The van der Waals surface area contributed by atoms with Gasteiger partial charge in [-0.25, -0.2) is 0 Å². The fourth-order valence-corrected chi connectivity index (χ4v) is 3.60. The smallest absolute Gasteiger partial charge is 0.238 e. The van der Waals surface area contributed by atoms with Crippen LogP contribution < -0.4 is 5.32 Å². The first-order valence-electron chi connectivity index (χ1n) is 5.31. The molecule has 1 N–H and O–H groups in total. The molecule has 0 radical (unpaired) electrons. The molecule has 1 aliphatic carbocycles. The van der Waals surface area contributed by atoms with Crippen molar-refractivity contribution in [2.75, 3.05) is 12.8 Å². The second kappa shape index (κ2) is 4.11. The number of thioether (sulfide) groups is 1. The van der Waals surface area contributed by atoms with Gasteiger partial charge in [0.05, 0.1) is 12.7 Å². The summed E-state index contributed by atoms with van der Waals surface area (Å²) >= 11 is 1.91. The third-order valence-electron chi connectivity index (χ3n) is 3.33. The Balaban J connectivity index is 2.09. The maximum atomic E-state index is 11.7. The van der Waals surface area contributed by atoms with Gasteiger partial charge >= 0.3 is 0 Å². The van der Waals surface area contributed by atoms with Crippen molar-refractivity contribution < 1.29 is 4.79 Å². The highest BCUT2D eigenvalue weighted by Crippen LogP contribution is 2.33. The Bertz CT molecular complexity index is 234. The Labute approximate surface area is 89.6 Å².